The highest BCUT2D eigenvalue weighted by atomic mass is 32.2. The second kappa shape index (κ2) is 6.13. The van der Waals surface area contributed by atoms with Gasteiger partial charge in [0.15, 0.2) is 5.78 Å². The molecule has 0 radical (unpaired) electrons. The summed E-state index contributed by atoms with van der Waals surface area (Å²) >= 11 is 0. The van der Waals surface area contributed by atoms with E-state index < -0.39 is 50.2 Å². The molecule has 7 nitrogen and oxygen atoms in total. The van der Waals surface area contributed by atoms with Crippen LogP contribution >= 0.6 is 0 Å². The standard InChI is InChI=1S/C14H10FNO6S/c15-8-1-3-9(4-2-8)23(21,22)12-5-6-16-13(12)10(17)7-11(18)14(19)20/h1-6,16H,7H2,(H,19,20). The molecule has 0 fully saturated rings. The van der Waals surface area contributed by atoms with Crippen molar-refractivity contribution in [2.45, 2.75) is 16.2 Å². The summed E-state index contributed by atoms with van der Waals surface area (Å²) in [6.07, 6.45) is 0.205. The van der Waals surface area contributed by atoms with Crippen molar-refractivity contribution >= 4 is 27.4 Å². The summed E-state index contributed by atoms with van der Waals surface area (Å²) < 4.78 is 37.8. The highest BCUT2D eigenvalue weighted by molar-refractivity contribution is 7.91. The molecule has 0 aliphatic rings. The number of H-pyrrole nitrogens is 1. The second-order valence-electron chi connectivity index (χ2n) is 4.50. The third-order valence-electron chi connectivity index (χ3n) is 2.96. The molecule has 1 aromatic heterocycles. The number of rotatable bonds is 6. The van der Waals surface area contributed by atoms with Crippen molar-refractivity contribution in [1.29, 1.82) is 0 Å². The van der Waals surface area contributed by atoms with E-state index in [9.17, 15) is 27.2 Å². The Morgan fingerprint density at radius 1 is 1.09 bits per heavy atom. The van der Waals surface area contributed by atoms with Crippen LogP contribution < -0.4 is 0 Å². The van der Waals surface area contributed by atoms with Gasteiger partial charge >= 0.3 is 5.97 Å². The van der Waals surface area contributed by atoms with Crippen molar-refractivity contribution in [3.05, 3.63) is 48.0 Å². The minimum Gasteiger partial charge on any atom is -0.475 e. The first-order chi connectivity index (χ1) is 10.7. The Kier molecular flexibility index (Phi) is 4.41. The number of sulfone groups is 1. The van der Waals surface area contributed by atoms with E-state index in [1.807, 2.05) is 0 Å². The molecular weight excluding hydrogens is 329 g/mol. The zero-order valence-electron chi connectivity index (χ0n) is 11.4. The number of carbonyl (C=O) groups is 3. The lowest BCUT2D eigenvalue weighted by molar-refractivity contribution is -0.148. The van der Waals surface area contributed by atoms with Gasteiger partial charge in [-0.2, -0.15) is 0 Å². The molecule has 120 valence electrons. The predicted octanol–water partition coefficient (Wildman–Crippen LogP) is 1.21. The third-order valence-corrected chi connectivity index (χ3v) is 4.77. The van der Waals surface area contributed by atoms with Crippen molar-refractivity contribution in [2.24, 2.45) is 0 Å². The molecule has 1 aromatic carbocycles. The maximum Gasteiger partial charge on any atom is 0.372 e. The molecule has 0 aliphatic heterocycles. The van der Waals surface area contributed by atoms with E-state index in [-0.39, 0.29) is 4.90 Å². The zero-order chi connectivity index (χ0) is 17.2. The lowest BCUT2D eigenvalue weighted by Crippen LogP contribution is -2.18. The minimum absolute atomic E-state index is 0.239. The summed E-state index contributed by atoms with van der Waals surface area (Å²) in [5.74, 6) is -4.73. The number of ketones is 2. The Bertz CT molecular complexity index is 882. The third kappa shape index (κ3) is 3.34. The molecule has 2 N–H and O–H groups in total. The number of aliphatic carboxylic acids is 1. The molecule has 0 bridgehead atoms. The summed E-state index contributed by atoms with van der Waals surface area (Å²) in [6, 6.07) is 5.09. The maximum atomic E-state index is 12.9. The van der Waals surface area contributed by atoms with Gasteiger partial charge in [-0.3, -0.25) is 9.59 Å². The van der Waals surface area contributed by atoms with Crippen LogP contribution in [0.2, 0.25) is 0 Å². The Labute approximate surface area is 129 Å². The highest BCUT2D eigenvalue weighted by Gasteiger charge is 2.27. The molecule has 2 aromatic rings. The Morgan fingerprint density at radius 2 is 1.70 bits per heavy atom. The van der Waals surface area contributed by atoms with Gasteiger partial charge in [0.2, 0.25) is 15.6 Å². The zero-order valence-corrected chi connectivity index (χ0v) is 12.3. The van der Waals surface area contributed by atoms with Crippen LogP contribution in [-0.4, -0.2) is 36.0 Å². The lowest BCUT2D eigenvalue weighted by Gasteiger charge is -2.05. The maximum absolute atomic E-state index is 12.9. The number of carboxylic acids is 1. The number of hydrogen-bond donors (Lipinski definition) is 2. The fraction of sp³-hybridized carbons (Fsp3) is 0.0714. The molecule has 9 heteroatoms. The van der Waals surface area contributed by atoms with Crippen molar-refractivity contribution in [1.82, 2.24) is 4.98 Å². The predicted molar refractivity (Wildman–Crippen MR) is 74.2 cm³/mol. The first-order valence-corrected chi connectivity index (χ1v) is 7.69. The van der Waals surface area contributed by atoms with Crippen molar-refractivity contribution in [3.63, 3.8) is 0 Å². The molecule has 23 heavy (non-hydrogen) atoms. The largest absolute Gasteiger partial charge is 0.475 e. The van der Waals surface area contributed by atoms with Gasteiger partial charge in [-0.1, -0.05) is 0 Å². The van der Waals surface area contributed by atoms with Crippen LogP contribution in [0, 0.1) is 5.82 Å². The summed E-state index contributed by atoms with van der Waals surface area (Å²) in [7, 11) is -4.12. The molecule has 2 rings (SSSR count). The number of halogens is 1. The van der Waals surface area contributed by atoms with E-state index in [0.717, 1.165) is 30.3 Å². The topological polar surface area (TPSA) is 121 Å². The smallest absolute Gasteiger partial charge is 0.372 e. The Morgan fingerprint density at radius 3 is 2.26 bits per heavy atom. The van der Waals surface area contributed by atoms with E-state index in [2.05, 4.69) is 4.98 Å². The summed E-state index contributed by atoms with van der Waals surface area (Å²) in [5.41, 5.74) is -0.399. The van der Waals surface area contributed by atoms with Gasteiger partial charge in [-0.15, -0.1) is 0 Å². The summed E-state index contributed by atoms with van der Waals surface area (Å²) in [4.78, 5) is 35.2. The van der Waals surface area contributed by atoms with Crippen LogP contribution in [0.4, 0.5) is 4.39 Å². The van der Waals surface area contributed by atoms with E-state index >= 15 is 0 Å². The average Bonchev–Trinajstić information content (AvgIpc) is 2.97. The highest BCUT2D eigenvalue weighted by Crippen LogP contribution is 2.24. The second-order valence-corrected chi connectivity index (χ2v) is 6.42. The molecule has 0 aliphatic carbocycles. The molecule has 0 saturated heterocycles. The number of carboxylic acid groups (broad SMARTS) is 1. The van der Waals surface area contributed by atoms with Gasteiger partial charge in [0.25, 0.3) is 0 Å². The Balaban J connectivity index is 2.40. The van der Waals surface area contributed by atoms with Crippen LogP contribution in [0.1, 0.15) is 16.9 Å². The van der Waals surface area contributed by atoms with Crippen LogP contribution in [0.25, 0.3) is 0 Å². The number of Topliss-reactive ketones (excluding diaryl/α,β-unsaturated/α-hetero) is 2. The number of nitrogens with one attached hydrogen (secondary N) is 1. The van der Waals surface area contributed by atoms with Crippen LogP contribution in [0.5, 0.6) is 0 Å². The number of aromatic nitrogens is 1. The molecule has 1 heterocycles. The Hall–Kier alpha value is -2.81. The van der Waals surface area contributed by atoms with Gasteiger partial charge in [0.05, 0.1) is 11.3 Å². The van der Waals surface area contributed by atoms with E-state index in [0.29, 0.717) is 0 Å². The SMILES string of the molecule is O=C(O)C(=O)CC(=O)c1[nH]ccc1S(=O)(=O)c1ccc(F)cc1. The minimum atomic E-state index is -4.12. The summed E-state index contributed by atoms with van der Waals surface area (Å²) in [5, 5.41) is 8.50. The van der Waals surface area contributed by atoms with Gasteiger partial charge in [0.1, 0.15) is 16.4 Å². The number of benzene rings is 1. The van der Waals surface area contributed by atoms with Gasteiger partial charge in [-0.25, -0.2) is 17.6 Å². The molecule has 0 spiro atoms. The monoisotopic (exact) mass is 339 g/mol. The van der Waals surface area contributed by atoms with Crippen molar-refractivity contribution < 1.29 is 32.3 Å². The average molecular weight is 339 g/mol. The van der Waals surface area contributed by atoms with Crippen LogP contribution in [-0.2, 0) is 19.4 Å². The van der Waals surface area contributed by atoms with E-state index in [1.165, 1.54) is 6.20 Å². The van der Waals surface area contributed by atoms with Crippen molar-refractivity contribution in [3.8, 4) is 0 Å². The molecule has 0 atom stereocenters. The number of hydrogen-bond acceptors (Lipinski definition) is 5. The van der Waals surface area contributed by atoms with E-state index in [1.54, 1.807) is 0 Å². The van der Waals surface area contributed by atoms with Crippen molar-refractivity contribution in [2.75, 3.05) is 0 Å². The van der Waals surface area contributed by atoms with Gasteiger partial charge in [-0.05, 0) is 30.3 Å². The number of carbonyl (C=O) groups excluding carboxylic acids is 2. The first-order valence-electron chi connectivity index (χ1n) is 6.21. The first kappa shape index (κ1) is 16.6. The molecular formula is C14H10FNO6S. The van der Waals surface area contributed by atoms with E-state index in [4.69, 9.17) is 5.11 Å². The number of aromatic amines is 1. The summed E-state index contributed by atoms with van der Waals surface area (Å²) in [6.45, 7) is 0. The molecule has 0 amide bonds. The van der Waals surface area contributed by atoms with Gasteiger partial charge in [0, 0.05) is 6.20 Å². The lowest BCUT2D eigenvalue weighted by atomic mass is 10.1. The van der Waals surface area contributed by atoms with Crippen LogP contribution in [0.15, 0.2) is 46.3 Å². The van der Waals surface area contributed by atoms with Crippen LogP contribution in [0.3, 0.4) is 0 Å². The quantitative estimate of drug-likeness (QED) is 0.353. The fourth-order valence-corrected chi connectivity index (χ4v) is 3.28. The fourth-order valence-electron chi connectivity index (χ4n) is 1.85. The molecule has 0 unspecified atom stereocenters. The van der Waals surface area contributed by atoms with Gasteiger partial charge < -0.3 is 10.1 Å². The molecule has 0 saturated carbocycles. The normalized spacial score (nSPS) is 11.2.